The van der Waals surface area contributed by atoms with Gasteiger partial charge in [0, 0.05) is 43.2 Å². The molecule has 3 N–H and O–H groups in total. The zero-order chi connectivity index (χ0) is 21.6. The van der Waals surface area contributed by atoms with E-state index in [2.05, 4.69) is 15.7 Å². The van der Waals surface area contributed by atoms with Crippen LogP contribution in [-0.4, -0.2) is 50.4 Å². The number of fused-ring (bicyclic) bond motifs is 3. The van der Waals surface area contributed by atoms with E-state index in [4.69, 9.17) is 11.6 Å². The number of nitrogens with one attached hydrogen (secondary N) is 2. The van der Waals surface area contributed by atoms with Gasteiger partial charge in [-0.25, -0.2) is 9.18 Å². The average Bonchev–Trinajstić information content (AvgIpc) is 2.95. The van der Waals surface area contributed by atoms with Crippen molar-refractivity contribution in [2.45, 2.75) is 39.0 Å². The van der Waals surface area contributed by atoms with Crippen LogP contribution < -0.4 is 10.6 Å². The molecule has 0 saturated heterocycles. The number of urea groups is 1. The Hall–Kier alpha value is -2.65. The third kappa shape index (κ3) is 3.87. The summed E-state index contributed by atoms with van der Waals surface area (Å²) in [5, 5.41) is 20.5. The highest BCUT2D eigenvalue weighted by Gasteiger charge is 2.36. The first kappa shape index (κ1) is 20.6. The Morgan fingerprint density at radius 3 is 2.90 bits per heavy atom. The van der Waals surface area contributed by atoms with Crippen molar-refractivity contribution in [3.8, 4) is 0 Å². The van der Waals surface area contributed by atoms with Crippen molar-refractivity contribution >= 4 is 29.2 Å². The van der Waals surface area contributed by atoms with Crippen LogP contribution in [0.4, 0.5) is 14.9 Å². The van der Waals surface area contributed by atoms with Crippen molar-refractivity contribution in [3.05, 3.63) is 46.0 Å². The molecule has 3 amide bonds. The fourth-order valence-electron chi connectivity index (χ4n) is 3.81. The molecule has 3 heterocycles. The quantitative estimate of drug-likeness (QED) is 0.674. The third-order valence-corrected chi connectivity index (χ3v) is 5.97. The first-order valence-electron chi connectivity index (χ1n) is 9.73. The van der Waals surface area contributed by atoms with Crippen LogP contribution in [0.1, 0.15) is 35.6 Å². The highest BCUT2D eigenvalue weighted by atomic mass is 35.5. The maximum absolute atomic E-state index is 13.3. The molecule has 2 aliphatic rings. The summed E-state index contributed by atoms with van der Waals surface area (Å²) in [7, 11) is 0. The average molecular weight is 436 g/mol. The zero-order valence-electron chi connectivity index (χ0n) is 16.7. The van der Waals surface area contributed by atoms with Crippen LogP contribution in [0.2, 0.25) is 5.02 Å². The van der Waals surface area contributed by atoms with Crippen LogP contribution in [0, 0.1) is 11.7 Å². The highest BCUT2D eigenvalue weighted by molar-refractivity contribution is 6.31. The van der Waals surface area contributed by atoms with E-state index in [0.29, 0.717) is 43.0 Å². The largest absolute Gasteiger partial charge is 0.390 e. The zero-order valence-corrected chi connectivity index (χ0v) is 17.5. The van der Waals surface area contributed by atoms with Crippen LogP contribution in [0.3, 0.4) is 0 Å². The number of carbonyl (C=O) groups is 2. The fourth-order valence-corrected chi connectivity index (χ4v) is 3.99. The molecule has 0 fully saturated rings. The molecule has 160 valence electrons. The lowest BCUT2D eigenvalue weighted by molar-refractivity contribution is 0.0105. The Bertz CT molecular complexity index is 1020. The molecule has 0 aliphatic carbocycles. The van der Waals surface area contributed by atoms with Gasteiger partial charge in [-0.2, -0.15) is 5.10 Å². The number of halogens is 2. The topological polar surface area (TPSA) is 99.5 Å². The molecule has 0 bridgehead atoms. The molecule has 1 aromatic carbocycles. The van der Waals surface area contributed by atoms with Crippen LogP contribution >= 0.6 is 11.6 Å². The Labute approximate surface area is 178 Å². The molecule has 0 radical (unpaired) electrons. The van der Waals surface area contributed by atoms with Crippen molar-refractivity contribution in [1.29, 1.82) is 0 Å². The minimum atomic E-state index is -0.969. The lowest BCUT2D eigenvalue weighted by Gasteiger charge is -2.28. The maximum Gasteiger partial charge on any atom is 0.322 e. The number of hydrogen-bond acceptors (Lipinski definition) is 4. The van der Waals surface area contributed by atoms with E-state index < -0.39 is 11.4 Å². The van der Waals surface area contributed by atoms with Crippen LogP contribution in [0.5, 0.6) is 0 Å². The predicted molar refractivity (Wildman–Crippen MR) is 109 cm³/mol. The van der Waals surface area contributed by atoms with E-state index in [1.54, 1.807) is 23.4 Å². The summed E-state index contributed by atoms with van der Waals surface area (Å²) in [4.78, 5) is 27.0. The van der Waals surface area contributed by atoms with Gasteiger partial charge in [-0.05, 0) is 32.0 Å². The molecule has 0 saturated carbocycles. The molecule has 8 nitrogen and oxygen atoms in total. The minimum absolute atomic E-state index is 0.0753. The van der Waals surface area contributed by atoms with Crippen molar-refractivity contribution < 1.29 is 19.1 Å². The van der Waals surface area contributed by atoms with E-state index in [0.717, 1.165) is 5.69 Å². The summed E-state index contributed by atoms with van der Waals surface area (Å²) in [5.41, 5.74) is 1.34. The SMILES string of the molecule is CC(C)(O)C1CNC(=O)c2c3c(nn2C1)CCN(C(=O)Nc1ccc(F)c(Cl)c1)C3. The molecule has 1 atom stereocenters. The number of aromatic nitrogens is 2. The summed E-state index contributed by atoms with van der Waals surface area (Å²) in [5.74, 6) is -1.01. The maximum atomic E-state index is 13.3. The Kier molecular flexibility index (Phi) is 5.19. The molecule has 0 spiro atoms. The van der Waals surface area contributed by atoms with Crippen molar-refractivity contribution in [2.75, 3.05) is 18.4 Å². The van der Waals surface area contributed by atoms with Crippen molar-refractivity contribution in [1.82, 2.24) is 20.0 Å². The number of rotatable bonds is 2. The smallest absolute Gasteiger partial charge is 0.322 e. The number of aliphatic hydroxyl groups is 1. The number of carbonyl (C=O) groups excluding carboxylic acids is 2. The number of hydrogen-bond donors (Lipinski definition) is 3. The number of anilines is 1. The van der Waals surface area contributed by atoms with E-state index in [1.165, 1.54) is 18.2 Å². The highest BCUT2D eigenvalue weighted by Crippen LogP contribution is 2.28. The van der Waals surface area contributed by atoms with Gasteiger partial charge >= 0.3 is 6.03 Å². The lowest BCUT2D eigenvalue weighted by Crippen LogP contribution is -2.41. The second kappa shape index (κ2) is 7.55. The van der Waals surface area contributed by atoms with Gasteiger partial charge in [0.25, 0.3) is 5.91 Å². The standard InChI is InChI=1S/C20H23ClFN5O3/c1-20(2,30)11-8-23-18(28)17-13-10-26(6-5-16(13)25-27(17)9-11)19(29)24-12-3-4-15(22)14(21)7-12/h3-4,7,11,30H,5-6,8-10H2,1-2H3,(H,23,28)(H,24,29). The van der Waals surface area contributed by atoms with Crippen LogP contribution in [0.15, 0.2) is 18.2 Å². The molecular formula is C20H23ClFN5O3. The van der Waals surface area contributed by atoms with Gasteiger partial charge in [0.1, 0.15) is 11.5 Å². The molecule has 2 aromatic rings. The molecule has 4 rings (SSSR count). The Balaban J connectivity index is 1.55. The lowest BCUT2D eigenvalue weighted by atomic mass is 9.91. The number of benzene rings is 1. The van der Waals surface area contributed by atoms with Gasteiger partial charge in [-0.15, -0.1) is 0 Å². The predicted octanol–water partition coefficient (Wildman–Crippen LogP) is 2.40. The molecule has 30 heavy (non-hydrogen) atoms. The van der Waals surface area contributed by atoms with Crippen molar-refractivity contribution in [2.24, 2.45) is 5.92 Å². The van der Waals surface area contributed by atoms with Gasteiger partial charge in [0.15, 0.2) is 0 Å². The number of nitrogens with zero attached hydrogens (tertiary/aromatic N) is 3. The summed E-state index contributed by atoms with van der Waals surface area (Å²) >= 11 is 5.78. The third-order valence-electron chi connectivity index (χ3n) is 5.68. The molecule has 1 unspecified atom stereocenters. The summed E-state index contributed by atoms with van der Waals surface area (Å²) < 4.78 is 15.0. The van der Waals surface area contributed by atoms with E-state index in [1.807, 2.05) is 0 Å². The van der Waals surface area contributed by atoms with Crippen LogP contribution in [-0.2, 0) is 19.5 Å². The molecule has 2 aliphatic heterocycles. The second-order valence-electron chi connectivity index (χ2n) is 8.25. The van der Waals surface area contributed by atoms with E-state index >= 15 is 0 Å². The van der Waals surface area contributed by atoms with Gasteiger partial charge in [-0.1, -0.05) is 11.6 Å². The summed E-state index contributed by atoms with van der Waals surface area (Å²) in [6.45, 7) is 4.84. The number of amides is 3. The van der Waals surface area contributed by atoms with Gasteiger partial charge in [0.05, 0.1) is 22.9 Å². The summed E-state index contributed by atoms with van der Waals surface area (Å²) in [6.07, 6.45) is 0.507. The first-order chi connectivity index (χ1) is 14.1. The van der Waals surface area contributed by atoms with Gasteiger partial charge in [0.2, 0.25) is 0 Å². The Morgan fingerprint density at radius 1 is 1.43 bits per heavy atom. The van der Waals surface area contributed by atoms with Gasteiger partial charge in [-0.3, -0.25) is 9.48 Å². The second-order valence-corrected chi connectivity index (χ2v) is 8.65. The molecule has 10 heteroatoms. The molecule has 1 aromatic heterocycles. The summed E-state index contributed by atoms with van der Waals surface area (Å²) in [6, 6.07) is 3.60. The van der Waals surface area contributed by atoms with Crippen molar-refractivity contribution in [3.63, 3.8) is 0 Å². The van der Waals surface area contributed by atoms with Crippen LogP contribution in [0.25, 0.3) is 0 Å². The normalized spacial score (nSPS) is 18.9. The van der Waals surface area contributed by atoms with E-state index in [9.17, 15) is 19.1 Å². The minimum Gasteiger partial charge on any atom is -0.390 e. The molecular weight excluding hydrogens is 413 g/mol. The van der Waals surface area contributed by atoms with Gasteiger partial charge < -0.3 is 20.6 Å². The Morgan fingerprint density at radius 2 is 2.20 bits per heavy atom. The fraction of sp³-hybridized carbons (Fsp3) is 0.450. The first-order valence-corrected chi connectivity index (χ1v) is 10.1. The van der Waals surface area contributed by atoms with E-state index in [-0.39, 0.29) is 29.4 Å². The monoisotopic (exact) mass is 435 g/mol.